The van der Waals surface area contributed by atoms with Crippen molar-refractivity contribution in [3.63, 3.8) is 0 Å². The molecule has 0 amide bonds. The van der Waals surface area contributed by atoms with E-state index in [2.05, 4.69) is 26.2 Å². The van der Waals surface area contributed by atoms with Crippen molar-refractivity contribution in [1.29, 1.82) is 0 Å². The van der Waals surface area contributed by atoms with Gasteiger partial charge in [0.25, 0.3) is 0 Å². The molecule has 1 unspecified atom stereocenters. The molecule has 1 aromatic carbocycles. The quantitative estimate of drug-likeness (QED) is 0.926. The van der Waals surface area contributed by atoms with E-state index >= 15 is 0 Å². The fourth-order valence-corrected chi connectivity index (χ4v) is 2.43. The van der Waals surface area contributed by atoms with E-state index in [1.54, 1.807) is 12.3 Å². The van der Waals surface area contributed by atoms with E-state index in [0.29, 0.717) is 12.0 Å². The van der Waals surface area contributed by atoms with Gasteiger partial charge >= 0.3 is 0 Å². The number of rotatable bonds is 4. The molecule has 0 aliphatic rings. The third-order valence-electron chi connectivity index (χ3n) is 3.07. The van der Waals surface area contributed by atoms with Gasteiger partial charge in [-0.3, -0.25) is 4.98 Å². The molecule has 0 aliphatic heterocycles. The van der Waals surface area contributed by atoms with E-state index in [1.165, 1.54) is 6.07 Å². The van der Waals surface area contributed by atoms with E-state index in [9.17, 15) is 4.39 Å². The summed E-state index contributed by atoms with van der Waals surface area (Å²) in [5.41, 5.74) is 2.76. The molecule has 100 valence electrons. The predicted molar refractivity (Wildman–Crippen MR) is 78.6 cm³/mol. The zero-order chi connectivity index (χ0) is 13.8. The van der Waals surface area contributed by atoms with E-state index < -0.39 is 0 Å². The number of aryl methyl sites for hydroxylation is 1. The second-order valence-corrected chi connectivity index (χ2v) is 5.45. The van der Waals surface area contributed by atoms with Crippen molar-refractivity contribution >= 4 is 15.9 Å². The van der Waals surface area contributed by atoms with Gasteiger partial charge in [0, 0.05) is 10.7 Å². The van der Waals surface area contributed by atoms with Crippen LogP contribution in [-0.4, -0.2) is 12.0 Å². The molecule has 0 saturated heterocycles. The SMILES string of the molecule is CNC(Cc1cc(Br)ccc1F)c1cc(C)ccn1. The first-order chi connectivity index (χ1) is 9.10. The van der Waals surface area contributed by atoms with Gasteiger partial charge in [-0.25, -0.2) is 4.39 Å². The molecule has 0 radical (unpaired) electrons. The Bertz CT molecular complexity index is 572. The van der Waals surface area contributed by atoms with E-state index in [-0.39, 0.29) is 11.9 Å². The Kier molecular flexibility index (Phi) is 4.66. The van der Waals surface area contributed by atoms with Crippen LogP contribution in [0, 0.1) is 12.7 Å². The van der Waals surface area contributed by atoms with Gasteiger partial charge in [-0.2, -0.15) is 0 Å². The van der Waals surface area contributed by atoms with Crippen LogP contribution in [0.15, 0.2) is 41.0 Å². The Balaban J connectivity index is 2.26. The second-order valence-electron chi connectivity index (χ2n) is 4.54. The number of benzene rings is 1. The van der Waals surface area contributed by atoms with Crippen LogP contribution >= 0.6 is 15.9 Å². The van der Waals surface area contributed by atoms with Crippen molar-refractivity contribution in [3.8, 4) is 0 Å². The average Bonchev–Trinajstić information content (AvgIpc) is 2.39. The Morgan fingerprint density at radius 3 is 2.79 bits per heavy atom. The Morgan fingerprint density at radius 1 is 1.32 bits per heavy atom. The lowest BCUT2D eigenvalue weighted by Gasteiger charge is -2.16. The zero-order valence-electron chi connectivity index (χ0n) is 11.0. The maximum Gasteiger partial charge on any atom is 0.126 e. The van der Waals surface area contributed by atoms with E-state index in [0.717, 1.165) is 15.7 Å². The van der Waals surface area contributed by atoms with Gasteiger partial charge in [0.2, 0.25) is 0 Å². The normalized spacial score (nSPS) is 12.4. The van der Waals surface area contributed by atoms with Gasteiger partial charge in [0.1, 0.15) is 5.82 Å². The van der Waals surface area contributed by atoms with Crippen LogP contribution in [0.5, 0.6) is 0 Å². The van der Waals surface area contributed by atoms with E-state index in [4.69, 9.17) is 0 Å². The molecule has 1 N–H and O–H groups in total. The van der Waals surface area contributed by atoms with Crippen LogP contribution in [0.3, 0.4) is 0 Å². The Labute approximate surface area is 121 Å². The van der Waals surface area contributed by atoms with Crippen LogP contribution in [-0.2, 0) is 6.42 Å². The molecule has 2 aromatic rings. The summed E-state index contributed by atoms with van der Waals surface area (Å²) in [6.45, 7) is 2.03. The molecule has 19 heavy (non-hydrogen) atoms. The largest absolute Gasteiger partial charge is 0.311 e. The molecule has 0 bridgehead atoms. The molecule has 2 rings (SSSR count). The van der Waals surface area contributed by atoms with Crippen molar-refractivity contribution in [2.45, 2.75) is 19.4 Å². The number of likely N-dealkylation sites (N-methyl/N-ethyl adjacent to an activating group) is 1. The Hall–Kier alpha value is -1.26. The maximum absolute atomic E-state index is 13.8. The predicted octanol–water partition coefficient (Wildman–Crippen LogP) is 3.79. The lowest BCUT2D eigenvalue weighted by molar-refractivity contribution is 0.544. The minimum Gasteiger partial charge on any atom is -0.311 e. The second kappa shape index (κ2) is 6.26. The monoisotopic (exact) mass is 322 g/mol. The van der Waals surface area contributed by atoms with Crippen LogP contribution in [0.4, 0.5) is 4.39 Å². The topological polar surface area (TPSA) is 24.9 Å². The van der Waals surface area contributed by atoms with Crippen LogP contribution in [0.25, 0.3) is 0 Å². The molecule has 0 fully saturated rings. The van der Waals surface area contributed by atoms with Crippen molar-refractivity contribution < 1.29 is 4.39 Å². The molecule has 0 spiro atoms. The average molecular weight is 323 g/mol. The summed E-state index contributed by atoms with van der Waals surface area (Å²) in [5, 5.41) is 3.20. The zero-order valence-corrected chi connectivity index (χ0v) is 12.5. The molecule has 1 aromatic heterocycles. The molecular formula is C15H16BrFN2. The Morgan fingerprint density at radius 2 is 2.11 bits per heavy atom. The molecule has 4 heteroatoms. The maximum atomic E-state index is 13.8. The minimum atomic E-state index is -0.184. The number of nitrogens with zero attached hydrogens (tertiary/aromatic N) is 1. The summed E-state index contributed by atoms with van der Waals surface area (Å²) in [4.78, 5) is 4.36. The molecule has 1 heterocycles. The van der Waals surface area contributed by atoms with Gasteiger partial charge in [-0.1, -0.05) is 15.9 Å². The number of pyridine rings is 1. The first kappa shape index (κ1) is 14.2. The van der Waals surface area contributed by atoms with Gasteiger partial charge in [-0.05, 0) is 61.9 Å². The first-order valence-electron chi connectivity index (χ1n) is 6.14. The smallest absolute Gasteiger partial charge is 0.126 e. The number of hydrogen-bond acceptors (Lipinski definition) is 2. The fraction of sp³-hybridized carbons (Fsp3) is 0.267. The summed E-state index contributed by atoms with van der Waals surface area (Å²) in [6.07, 6.45) is 2.35. The highest BCUT2D eigenvalue weighted by atomic mass is 79.9. The summed E-state index contributed by atoms with van der Waals surface area (Å²) in [7, 11) is 1.87. The summed E-state index contributed by atoms with van der Waals surface area (Å²) in [5.74, 6) is -0.184. The molecule has 2 nitrogen and oxygen atoms in total. The summed E-state index contributed by atoms with van der Waals surface area (Å²) < 4.78 is 14.7. The lowest BCUT2D eigenvalue weighted by atomic mass is 10.0. The van der Waals surface area contributed by atoms with Gasteiger partial charge in [-0.15, -0.1) is 0 Å². The summed E-state index contributed by atoms with van der Waals surface area (Å²) >= 11 is 3.37. The first-order valence-corrected chi connectivity index (χ1v) is 6.93. The van der Waals surface area contributed by atoms with Crippen LogP contribution < -0.4 is 5.32 Å². The third kappa shape index (κ3) is 3.61. The van der Waals surface area contributed by atoms with Crippen LogP contribution in [0.2, 0.25) is 0 Å². The molecule has 1 atom stereocenters. The summed E-state index contributed by atoms with van der Waals surface area (Å²) in [6, 6.07) is 8.99. The number of hydrogen-bond donors (Lipinski definition) is 1. The van der Waals surface area contributed by atoms with Crippen molar-refractivity contribution in [3.05, 3.63) is 63.6 Å². The van der Waals surface area contributed by atoms with Crippen LogP contribution in [0.1, 0.15) is 22.9 Å². The van der Waals surface area contributed by atoms with Crippen molar-refractivity contribution in [2.24, 2.45) is 0 Å². The fourth-order valence-electron chi connectivity index (χ4n) is 2.02. The van der Waals surface area contributed by atoms with Crippen molar-refractivity contribution in [1.82, 2.24) is 10.3 Å². The lowest BCUT2D eigenvalue weighted by Crippen LogP contribution is -2.20. The van der Waals surface area contributed by atoms with E-state index in [1.807, 2.05) is 32.2 Å². The number of nitrogens with one attached hydrogen (secondary N) is 1. The standard InChI is InChI=1S/C15H16BrFN2/c1-10-5-6-19-15(7-10)14(18-2)9-11-8-12(16)3-4-13(11)17/h3-8,14,18H,9H2,1-2H3. The number of halogens is 2. The highest BCUT2D eigenvalue weighted by Crippen LogP contribution is 2.22. The highest BCUT2D eigenvalue weighted by molar-refractivity contribution is 9.10. The molecular weight excluding hydrogens is 307 g/mol. The van der Waals surface area contributed by atoms with Crippen molar-refractivity contribution in [2.75, 3.05) is 7.05 Å². The van der Waals surface area contributed by atoms with Gasteiger partial charge < -0.3 is 5.32 Å². The van der Waals surface area contributed by atoms with Gasteiger partial charge in [0.15, 0.2) is 0 Å². The number of aromatic nitrogens is 1. The highest BCUT2D eigenvalue weighted by Gasteiger charge is 2.14. The molecule has 0 saturated carbocycles. The third-order valence-corrected chi connectivity index (χ3v) is 3.57. The molecule has 0 aliphatic carbocycles. The van der Waals surface area contributed by atoms with Gasteiger partial charge in [0.05, 0.1) is 11.7 Å². The minimum absolute atomic E-state index is 0.00343.